The molecule has 19 heavy (non-hydrogen) atoms. The molecule has 0 saturated heterocycles. The van der Waals surface area contributed by atoms with Gasteiger partial charge in [-0.25, -0.2) is 9.97 Å². The highest BCUT2D eigenvalue weighted by atomic mass is 35.5. The van der Waals surface area contributed by atoms with Crippen molar-refractivity contribution in [3.05, 3.63) is 23.7 Å². The predicted molar refractivity (Wildman–Crippen MR) is 80.6 cm³/mol. The molecule has 2 rings (SSSR count). The molecule has 2 aromatic heterocycles. The highest BCUT2D eigenvalue weighted by Gasteiger charge is 2.18. The Morgan fingerprint density at radius 3 is 2.53 bits per heavy atom. The minimum atomic E-state index is -0.102. The first kappa shape index (κ1) is 14.3. The Labute approximate surface area is 120 Å². The number of hydrogen-bond acceptors (Lipinski definition) is 2. The van der Waals surface area contributed by atoms with Crippen LogP contribution in [-0.4, -0.2) is 14.5 Å². The van der Waals surface area contributed by atoms with Crippen LogP contribution in [0.3, 0.4) is 0 Å². The van der Waals surface area contributed by atoms with E-state index in [0.29, 0.717) is 0 Å². The summed E-state index contributed by atoms with van der Waals surface area (Å²) in [5.41, 5.74) is 3.18. The average molecular weight is 280 g/mol. The van der Waals surface area contributed by atoms with Gasteiger partial charge < -0.3 is 4.57 Å². The number of fused-ring (bicyclic) bond motifs is 1. The summed E-state index contributed by atoms with van der Waals surface area (Å²) in [5, 5.41) is -0.102. The van der Waals surface area contributed by atoms with Crippen molar-refractivity contribution in [3.8, 4) is 0 Å². The van der Waals surface area contributed by atoms with Crippen molar-refractivity contribution in [3.63, 3.8) is 0 Å². The molecule has 104 valence electrons. The van der Waals surface area contributed by atoms with Gasteiger partial charge in [-0.2, -0.15) is 0 Å². The zero-order valence-corrected chi connectivity index (χ0v) is 13.1. The lowest BCUT2D eigenvalue weighted by Gasteiger charge is -2.19. The Kier molecular flexibility index (Phi) is 3.86. The molecule has 0 N–H and O–H groups in total. The first-order valence-corrected chi connectivity index (χ1v) is 7.19. The molecular formula is C15H22ClN3. The van der Waals surface area contributed by atoms with Gasteiger partial charge in [0.15, 0.2) is 5.65 Å². The van der Waals surface area contributed by atoms with Gasteiger partial charge in [0.25, 0.3) is 0 Å². The van der Waals surface area contributed by atoms with E-state index < -0.39 is 0 Å². The number of rotatable bonds is 3. The van der Waals surface area contributed by atoms with Gasteiger partial charge in [0.1, 0.15) is 11.3 Å². The summed E-state index contributed by atoms with van der Waals surface area (Å²) in [6, 6.07) is 4.01. The maximum Gasteiger partial charge on any atom is 0.160 e. The summed E-state index contributed by atoms with van der Waals surface area (Å²) >= 11 is 6.26. The predicted octanol–water partition coefficient (Wildman–Crippen LogP) is 4.48. The highest BCUT2D eigenvalue weighted by Crippen LogP contribution is 2.27. The number of hydrogen-bond donors (Lipinski definition) is 0. The maximum absolute atomic E-state index is 6.26. The molecule has 0 bridgehead atoms. The third kappa shape index (κ3) is 3.27. The van der Waals surface area contributed by atoms with Gasteiger partial charge in [0, 0.05) is 12.2 Å². The fraction of sp³-hybridized carbons (Fsp3) is 0.600. The standard InChI is InChI=1S/C15H22ClN3/c1-10-6-7-12-14(17-10)19(9-8-15(3,4)5)13(18-12)11(2)16/h6-7,11H,8-9H2,1-5H3. The number of imidazole rings is 1. The van der Waals surface area contributed by atoms with E-state index in [9.17, 15) is 0 Å². The zero-order valence-electron chi connectivity index (χ0n) is 12.4. The van der Waals surface area contributed by atoms with Gasteiger partial charge in [-0.1, -0.05) is 20.8 Å². The molecule has 0 aromatic carbocycles. The van der Waals surface area contributed by atoms with E-state index in [-0.39, 0.29) is 10.8 Å². The molecular weight excluding hydrogens is 258 g/mol. The summed E-state index contributed by atoms with van der Waals surface area (Å²) in [4.78, 5) is 9.24. The number of aryl methyl sites for hydroxylation is 2. The third-order valence-electron chi connectivity index (χ3n) is 3.20. The van der Waals surface area contributed by atoms with E-state index in [1.54, 1.807) is 0 Å². The molecule has 0 aliphatic carbocycles. The van der Waals surface area contributed by atoms with Gasteiger partial charge in [-0.05, 0) is 37.8 Å². The smallest absolute Gasteiger partial charge is 0.160 e. The Morgan fingerprint density at radius 1 is 1.26 bits per heavy atom. The van der Waals surface area contributed by atoms with E-state index >= 15 is 0 Å². The lowest BCUT2D eigenvalue weighted by Crippen LogP contribution is -2.13. The van der Waals surface area contributed by atoms with Gasteiger partial charge in [0.2, 0.25) is 0 Å². The second kappa shape index (κ2) is 5.12. The van der Waals surface area contributed by atoms with E-state index in [2.05, 4.69) is 35.3 Å². The van der Waals surface area contributed by atoms with Crippen LogP contribution < -0.4 is 0 Å². The van der Waals surface area contributed by atoms with Crippen molar-refractivity contribution in [1.29, 1.82) is 0 Å². The summed E-state index contributed by atoms with van der Waals surface area (Å²) < 4.78 is 2.17. The lowest BCUT2D eigenvalue weighted by atomic mass is 9.92. The van der Waals surface area contributed by atoms with E-state index in [1.165, 1.54) is 0 Å². The van der Waals surface area contributed by atoms with Crippen LogP contribution in [-0.2, 0) is 6.54 Å². The molecule has 0 fully saturated rings. The first-order valence-electron chi connectivity index (χ1n) is 6.76. The molecule has 0 spiro atoms. The molecule has 0 saturated carbocycles. The van der Waals surface area contributed by atoms with Crippen molar-refractivity contribution >= 4 is 22.8 Å². The molecule has 4 heteroatoms. The molecule has 2 heterocycles. The van der Waals surface area contributed by atoms with E-state index in [0.717, 1.165) is 35.6 Å². The SMILES string of the molecule is Cc1ccc2nc(C(C)Cl)n(CCC(C)(C)C)c2n1. The van der Waals surface area contributed by atoms with Crippen LogP contribution in [0.1, 0.15) is 51.0 Å². The molecule has 0 aliphatic heterocycles. The second-order valence-corrected chi connectivity index (χ2v) is 7.00. The molecule has 1 atom stereocenters. The van der Waals surface area contributed by atoms with Crippen LogP contribution in [0.25, 0.3) is 11.2 Å². The Balaban J connectivity index is 2.48. The molecule has 1 unspecified atom stereocenters. The van der Waals surface area contributed by atoms with Crippen molar-refractivity contribution in [2.45, 2.75) is 53.0 Å². The van der Waals surface area contributed by atoms with E-state index in [1.807, 2.05) is 26.0 Å². The molecule has 0 aliphatic rings. The molecule has 0 amide bonds. The topological polar surface area (TPSA) is 30.7 Å². The van der Waals surface area contributed by atoms with Gasteiger partial charge in [-0.3, -0.25) is 0 Å². The van der Waals surface area contributed by atoms with Crippen LogP contribution in [0.5, 0.6) is 0 Å². The number of aromatic nitrogens is 3. The Hall–Kier alpha value is -1.09. The minimum Gasteiger partial charge on any atom is -0.311 e. The quantitative estimate of drug-likeness (QED) is 0.776. The van der Waals surface area contributed by atoms with Gasteiger partial charge in [0.05, 0.1) is 5.38 Å². The van der Waals surface area contributed by atoms with Crippen LogP contribution >= 0.6 is 11.6 Å². The van der Waals surface area contributed by atoms with Crippen LogP contribution in [0.2, 0.25) is 0 Å². The fourth-order valence-electron chi connectivity index (χ4n) is 2.09. The lowest BCUT2D eigenvalue weighted by molar-refractivity contribution is 0.349. The van der Waals surface area contributed by atoms with Crippen LogP contribution in [0, 0.1) is 12.3 Å². The van der Waals surface area contributed by atoms with Crippen molar-refractivity contribution in [2.75, 3.05) is 0 Å². The van der Waals surface area contributed by atoms with Crippen molar-refractivity contribution in [1.82, 2.24) is 14.5 Å². The summed E-state index contributed by atoms with van der Waals surface area (Å²) in [6.07, 6.45) is 1.07. The molecule has 0 radical (unpaired) electrons. The number of halogens is 1. The van der Waals surface area contributed by atoms with Gasteiger partial charge in [-0.15, -0.1) is 11.6 Å². The van der Waals surface area contributed by atoms with Crippen LogP contribution in [0.4, 0.5) is 0 Å². The summed E-state index contributed by atoms with van der Waals surface area (Å²) in [6.45, 7) is 11.6. The fourth-order valence-corrected chi connectivity index (χ4v) is 2.25. The highest BCUT2D eigenvalue weighted by molar-refractivity contribution is 6.20. The molecule has 2 aromatic rings. The van der Waals surface area contributed by atoms with E-state index in [4.69, 9.17) is 11.6 Å². The Morgan fingerprint density at radius 2 is 1.95 bits per heavy atom. The van der Waals surface area contributed by atoms with Crippen molar-refractivity contribution < 1.29 is 0 Å². The summed E-state index contributed by atoms with van der Waals surface area (Å²) in [7, 11) is 0. The number of pyridine rings is 1. The minimum absolute atomic E-state index is 0.102. The zero-order chi connectivity index (χ0) is 14.2. The third-order valence-corrected chi connectivity index (χ3v) is 3.40. The Bertz CT molecular complexity index is 579. The molecule has 3 nitrogen and oxygen atoms in total. The second-order valence-electron chi connectivity index (χ2n) is 6.34. The number of alkyl halides is 1. The van der Waals surface area contributed by atoms with Crippen molar-refractivity contribution in [2.24, 2.45) is 5.41 Å². The van der Waals surface area contributed by atoms with Gasteiger partial charge >= 0.3 is 0 Å². The summed E-state index contributed by atoms with van der Waals surface area (Å²) in [5.74, 6) is 0.916. The largest absolute Gasteiger partial charge is 0.311 e. The normalized spacial score (nSPS) is 14.0. The van der Waals surface area contributed by atoms with Crippen LogP contribution in [0.15, 0.2) is 12.1 Å². The first-order chi connectivity index (χ1) is 8.78. The average Bonchev–Trinajstić information content (AvgIpc) is 2.63. The number of nitrogens with zero attached hydrogens (tertiary/aromatic N) is 3. The maximum atomic E-state index is 6.26. The monoisotopic (exact) mass is 279 g/mol.